The Morgan fingerprint density at radius 3 is 2.50 bits per heavy atom. The van der Waals surface area contributed by atoms with E-state index in [0.29, 0.717) is 16.8 Å². The van der Waals surface area contributed by atoms with Crippen molar-refractivity contribution in [3.8, 4) is 0 Å². The molecule has 2 aromatic carbocycles. The molecule has 6 nitrogen and oxygen atoms in total. The summed E-state index contributed by atoms with van der Waals surface area (Å²) in [6.07, 6.45) is 0. The Labute approximate surface area is 150 Å². The van der Waals surface area contributed by atoms with Crippen molar-refractivity contribution in [1.29, 1.82) is 0 Å². The number of hydrogen-bond donors (Lipinski definition) is 2. The molecule has 0 aliphatic carbocycles. The number of benzene rings is 2. The molecule has 0 spiro atoms. The van der Waals surface area contributed by atoms with Crippen LogP contribution in [0.15, 0.2) is 48.5 Å². The standard InChI is InChI=1S/C19H19FN2O4/c1-12-8-9-15(20)10-16(12)22-17(23)11-26-19(25)13(2)21-18(24)14-6-4-3-5-7-14/h3-10,13H,11H2,1-2H3,(H,21,24)(H,22,23)/t13-/m1/s1. The molecule has 26 heavy (non-hydrogen) atoms. The van der Waals surface area contributed by atoms with Crippen LogP contribution in [0.1, 0.15) is 22.8 Å². The molecular formula is C19H19FN2O4. The van der Waals surface area contributed by atoms with E-state index in [1.165, 1.54) is 25.1 Å². The molecule has 2 aromatic rings. The Kier molecular flexibility index (Phi) is 6.43. The first kappa shape index (κ1) is 19.1. The fraction of sp³-hybridized carbons (Fsp3) is 0.211. The van der Waals surface area contributed by atoms with Crippen molar-refractivity contribution in [1.82, 2.24) is 5.32 Å². The number of anilines is 1. The number of halogens is 1. The van der Waals surface area contributed by atoms with E-state index in [1.807, 2.05) is 0 Å². The molecule has 0 radical (unpaired) electrons. The summed E-state index contributed by atoms with van der Waals surface area (Å²) >= 11 is 0. The van der Waals surface area contributed by atoms with Gasteiger partial charge in [0.05, 0.1) is 0 Å². The third-order valence-corrected chi connectivity index (χ3v) is 3.56. The number of amides is 2. The van der Waals surface area contributed by atoms with Gasteiger partial charge in [-0.25, -0.2) is 9.18 Å². The van der Waals surface area contributed by atoms with Crippen LogP contribution >= 0.6 is 0 Å². The fourth-order valence-electron chi connectivity index (χ4n) is 2.11. The summed E-state index contributed by atoms with van der Waals surface area (Å²) in [5.41, 5.74) is 1.39. The molecule has 0 saturated carbocycles. The highest BCUT2D eigenvalue weighted by atomic mass is 19.1. The van der Waals surface area contributed by atoms with Gasteiger partial charge in [-0.3, -0.25) is 9.59 Å². The van der Waals surface area contributed by atoms with Crippen LogP contribution in [0.25, 0.3) is 0 Å². The predicted molar refractivity (Wildman–Crippen MR) is 94.1 cm³/mol. The molecule has 0 aliphatic heterocycles. The molecule has 0 aromatic heterocycles. The number of ether oxygens (including phenoxy) is 1. The first-order valence-electron chi connectivity index (χ1n) is 7.95. The third-order valence-electron chi connectivity index (χ3n) is 3.56. The van der Waals surface area contributed by atoms with Crippen molar-refractivity contribution >= 4 is 23.5 Å². The van der Waals surface area contributed by atoms with Crippen molar-refractivity contribution in [3.63, 3.8) is 0 Å². The van der Waals surface area contributed by atoms with Gasteiger partial charge in [0.25, 0.3) is 11.8 Å². The van der Waals surface area contributed by atoms with Crippen molar-refractivity contribution in [2.24, 2.45) is 0 Å². The second kappa shape index (κ2) is 8.75. The highest BCUT2D eigenvalue weighted by Crippen LogP contribution is 2.15. The quantitative estimate of drug-likeness (QED) is 0.777. The smallest absolute Gasteiger partial charge is 0.328 e. The maximum Gasteiger partial charge on any atom is 0.328 e. The zero-order valence-corrected chi connectivity index (χ0v) is 14.4. The van der Waals surface area contributed by atoms with E-state index in [1.54, 1.807) is 37.3 Å². The minimum Gasteiger partial charge on any atom is -0.454 e. The van der Waals surface area contributed by atoms with Crippen LogP contribution in [0.2, 0.25) is 0 Å². The lowest BCUT2D eigenvalue weighted by atomic mass is 10.2. The van der Waals surface area contributed by atoms with Crippen LogP contribution in [0.3, 0.4) is 0 Å². The fourth-order valence-corrected chi connectivity index (χ4v) is 2.11. The average Bonchev–Trinajstić information content (AvgIpc) is 2.63. The molecule has 0 unspecified atom stereocenters. The van der Waals surface area contributed by atoms with Crippen LogP contribution in [-0.2, 0) is 14.3 Å². The lowest BCUT2D eigenvalue weighted by Crippen LogP contribution is -2.40. The summed E-state index contributed by atoms with van der Waals surface area (Å²) in [6, 6.07) is 11.5. The zero-order valence-electron chi connectivity index (χ0n) is 14.4. The minimum atomic E-state index is -0.925. The Morgan fingerprint density at radius 2 is 1.81 bits per heavy atom. The molecule has 2 amide bonds. The summed E-state index contributed by atoms with van der Waals surface area (Å²) in [5.74, 6) is -2.26. The van der Waals surface area contributed by atoms with E-state index in [0.717, 1.165) is 0 Å². The summed E-state index contributed by atoms with van der Waals surface area (Å²) in [6.45, 7) is 2.63. The van der Waals surface area contributed by atoms with Gasteiger partial charge in [-0.05, 0) is 43.7 Å². The van der Waals surface area contributed by atoms with E-state index >= 15 is 0 Å². The van der Waals surface area contributed by atoms with Gasteiger partial charge in [0.15, 0.2) is 6.61 Å². The van der Waals surface area contributed by atoms with Gasteiger partial charge in [0.1, 0.15) is 11.9 Å². The Balaban J connectivity index is 1.82. The molecule has 2 N–H and O–H groups in total. The third kappa shape index (κ3) is 5.41. The molecule has 0 fully saturated rings. The van der Waals surface area contributed by atoms with E-state index < -0.39 is 36.2 Å². The van der Waals surface area contributed by atoms with Crippen LogP contribution in [-0.4, -0.2) is 30.4 Å². The van der Waals surface area contributed by atoms with Gasteiger partial charge in [0.2, 0.25) is 0 Å². The zero-order chi connectivity index (χ0) is 19.1. The Hall–Kier alpha value is -3.22. The summed E-state index contributed by atoms with van der Waals surface area (Å²) in [5, 5.41) is 4.96. The molecule has 136 valence electrons. The van der Waals surface area contributed by atoms with Crippen molar-refractivity contribution < 1.29 is 23.5 Å². The highest BCUT2D eigenvalue weighted by Gasteiger charge is 2.19. The van der Waals surface area contributed by atoms with Crippen LogP contribution in [0.5, 0.6) is 0 Å². The molecule has 0 saturated heterocycles. The SMILES string of the molecule is Cc1ccc(F)cc1NC(=O)COC(=O)[C@@H](C)NC(=O)c1ccccc1. The lowest BCUT2D eigenvalue weighted by Gasteiger charge is -2.14. The number of carbonyl (C=O) groups excluding carboxylic acids is 3. The van der Waals surface area contributed by atoms with E-state index in [4.69, 9.17) is 4.74 Å². The summed E-state index contributed by atoms with van der Waals surface area (Å²) in [4.78, 5) is 35.7. The van der Waals surface area contributed by atoms with Gasteiger partial charge in [-0.15, -0.1) is 0 Å². The number of nitrogens with one attached hydrogen (secondary N) is 2. The Morgan fingerprint density at radius 1 is 1.12 bits per heavy atom. The van der Waals surface area contributed by atoms with Gasteiger partial charge in [-0.2, -0.15) is 0 Å². The monoisotopic (exact) mass is 358 g/mol. The first-order valence-corrected chi connectivity index (χ1v) is 7.95. The number of hydrogen-bond acceptors (Lipinski definition) is 4. The highest BCUT2D eigenvalue weighted by molar-refractivity contribution is 5.97. The second-order valence-electron chi connectivity index (χ2n) is 5.68. The number of rotatable bonds is 6. The maximum atomic E-state index is 13.2. The van der Waals surface area contributed by atoms with E-state index in [2.05, 4.69) is 10.6 Å². The van der Waals surface area contributed by atoms with E-state index in [9.17, 15) is 18.8 Å². The van der Waals surface area contributed by atoms with Gasteiger partial charge >= 0.3 is 5.97 Å². The summed E-state index contributed by atoms with van der Waals surface area (Å²) in [7, 11) is 0. The normalized spacial score (nSPS) is 11.3. The number of esters is 1. The molecule has 0 bridgehead atoms. The van der Waals surface area contributed by atoms with Crippen LogP contribution < -0.4 is 10.6 Å². The molecule has 1 atom stereocenters. The van der Waals surface area contributed by atoms with Gasteiger partial charge in [0, 0.05) is 11.3 Å². The lowest BCUT2D eigenvalue weighted by molar-refractivity contribution is -0.148. The molecule has 7 heteroatoms. The number of carbonyl (C=O) groups is 3. The topological polar surface area (TPSA) is 84.5 Å². The molecule has 0 aliphatic rings. The van der Waals surface area contributed by atoms with Crippen LogP contribution in [0, 0.1) is 12.7 Å². The second-order valence-corrected chi connectivity index (χ2v) is 5.68. The first-order chi connectivity index (χ1) is 12.4. The summed E-state index contributed by atoms with van der Waals surface area (Å²) < 4.78 is 18.1. The van der Waals surface area contributed by atoms with Crippen molar-refractivity contribution in [3.05, 3.63) is 65.5 Å². The minimum absolute atomic E-state index is 0.302. The predicted octanol–water partition coefficient (Wildman–Crippen LogP) is 2.43. The van der Waals surface area contributed by atoms with Gasteiger partial charge < -0.3 is 15.4 Å². The average molecular weight is 358 g/mol. The van der Waals surface area contributed by atoms with Crippen LogP contribution in [0.4, 0.5) is 10.1 Å². The molecular weight excluding hydrogens is 339 g/mol. The Bertz CT molecular complexity index is 808. The van der Waals surface area contributed by atoms with Crippen molar-refractivity contribution in [2.45, 2.75) is 19.9 Å². The van der Waals surface area contributed by atoms with E-state index in [-0.39, 0.29) is 0 Å². The van der Waals surface area contributed by atoms with Gasteiger partial charge in [-0.1, -0.05) is 24.3 Å². The molecule has 2 rings (SSSR count). The largest absolute Gasteiger partial charge is 0.454 e. The van der Waals surface area contributed by atoms with Crippen molar-refractivity contribution in [2.75, 3.05) is 11.9 Å². The number of aryl methyl sites for hydroxylation is 1. The maximum absolute atomic E-state index is 13.2. The molecule has 0 heterocycles.